The van der Waals surface area contributed by atoms with Crippen LogP contribution in [-0.4, -0.2) is 0 Å². The lowest BCUT2D eigenvalue weighted by Crippen LogP contribution is -2.34. The quantitative estimate of drug-likeness (QED) is 0.367. The maximum absolute atomic E-state index is 6.46. The first kappa shape index (κ1) is 13.5. The summed E-state index contributed by atoms with van der Waals surface area (Å²) in [6, 6.07) is 20.1. The summed E-state index contributed by atoms with van der Waals surface area (Å²) in [6.07, 6.45) is 0. The lowest BCUT2D eigenvalue weighted by Gasteiger charge is -2.27. The third-order valence-electron chi connectivity index (χ3n) is 2.86. The van der Waals surface area contributed by atoms with Gasteiger partial charge in [-0.05, 0) is 18.1 Å². The minimum absolute atomic E-state index is 0.126. The topological polar surface area (TPSA) is 12.0 Å². The van der Waals surface area contributed by atoms with Gasteiger partial charge in [-0.2, -0.15) is 0 Å². The van der Waals surface area contributed by atoms with Crippen LogP contribution in [0.3, 0.4) is 0 Å². The zero-order chi connectivity index (χ0) is 13.0. The van der Waals surface area contributed by atoms with Crippen LogP contribution in [-0.2, 0) is 4.33 Å². The Hall–Kier alpha value is -0.960. The van der Waals surface area contributed by atoms with Crippen LogP contribution in [0.5, 0.6) is 0 Å². The molecule has 0 spiro atoms. The van der Waals surface area contributed by atoms with Crippen molar-refractivity contribution >= 4 is 24.2 Å². The summed E-state index contributed by atoms with van der Waals surface area (Å²) in [4.78, 5) is 0. The van der Waals surface area contributed by atoms with Gasteiger partial charge in [0.25, 0.3) is 0 Å². The molecule has 0 aromatic heterocycles. The van der Waals surface area contributed by atoms with Crippen molar-refractivity contribution in [3.8, 4) is 0 Å². The summed E-state index contributed by atoms with van der Waals surface area (Å²) in [5, 5.41) is 3.32. The molecule has 0 saturated heterocycles. The number of hydrogen-bond acceptors (Lipinski definition) is 2. The van der Waals surface area contributed by atoms with Gasteiger partial charge in [0.2, 0.25) is 0 Å². The van der Waals surface area contributed by atoms with Crippen LogP contribution < -0.4 is 5.32 Å². The van der Waals surface area contributed by atoms with Gasteiger partial charge in [-0.15, -0.1) is 12.6 Å². The highest BCUT2D eigenvalue weighted by molar-refractivity contribution is 7.82. The Balaban J connectivity index is 2.14. The average Bonchev–Trinajstić information content (AvgIpc) is 2.40. The number of hydrogen-bond donors (Lipinski definition) is 2. The molecule has 0 saturated carbocycles. The van der Waals surface area contributed by atoms with Crippen LogP contribution in [0.15, 0.2) is 60.7 Å². The van der Waals surface area contributed by atoms with Crippen molar-refractivity contribution in [3.05, 3.63) is 71.8 Å². The standard InChI is InChI=1S/C15H16ClNS/c1-12(13-8-4-2-5-9-13)17-15(16,18)14-10-6-3-7-11-14/h2-12,17-18H,1H3/t12-,15?/m1/s1. The summed E-state index contributed by atoms with van der Waals surface area (Å²) >= 11 is 11.0. The Bertz CT molecular complexity index is 484. The maximum atomic E-state index is 6.46. The summed E-state index contributed by atoms with van der Waals surface area (Å²) in [5.74, 6) is 0. The third kappa shape index (κ3) is 3.29. The molecule has 2 aromatic carbocycles. The molecule has 0 amide bonds. The Kier molecular flexibility index (Phi) is 4.33. The van der Waals surface area contributed by atoms with Crippen molar-refractivity contribution in [2.45, 2.75) is 17.3 Å². The maximum Gasteiger partial charge on any atom is 0.164 e. The molecule has 2 rings (SSSR count). The summed E-state index contributed by atoms with van der Waals surface area (Å²) < 4.78 is -0.865. The zero-order valence-corrected chi connectivity index (χ0v) is 11.8. The van der Waals surface area contributed by atoms with E-state index < -0.39 is 4.33 Å². The molecule has 18 heavy (non-hydrogen) atoms. The Labute approximate surface area is 119 Å². The van der Waals surface area contributed by atoms with Gasteiger partial charge in [0.15, 0.2) is 4.33 Å². The molecule has 0 aliphatic heterocycles. The molecule has 94 valence electrons. The Morgan fingerprint density at radius 1 is 1.00 bits per heavy atom. The summed E-state index contributed by atoms with van der Waals surface area (Å²) in [7, 11) is 0. The monoisotopic (exact) mass is 277 g/mol. The minimum atomic E-state index is -0.865. The SMILES string of the molecule is C[C@@H](NC(S)(Cl)c1ccccc1)c1ccccc1. The molecule has 1 unspecified atom stereocenters. The van der Waals surface area contributed by atoms with E-state index in [9.17, 15) is 0 Å². The molecule has 0 fully saturated rings. The van der Waals surface area contributed by atoms with Gasteiger partial charge in [-0.1, -0.05) is 72.3 Å². The fourth-order valence-electron chi connectivity index (χ4n) is 1.85. The number of benzene rings is 2. The fraction of sp³-hybridized carbons (Fsp3) is 0.200. The molecule has 0 aliphatic carbocycles. The predicted molar refractivity (Wildman–Crippen MR) is 81.0 cm³/mol. The van der Waals surface area contributed by atoms with E-state index >= 15 is 0 Å². The molecule has 3 heteroatoms. The number of halogens is 1. The van der Waals surface area contributed by atoms with Crippen LogP contribution >= 0.6 is 24.2 Å². The van der Waals surface area contributed by atoms with Gasteiger partial charge in [-0.25, -0.2) is 0 Å². The van der Waals surface area contributed by atoms with E-state index in [0.29, 0.717) is 0 Å². The van der Waals surface area contributed by atoms with Crippen LogP contribution in [0.25, 0.3) is 0 Å². The molecule has 0 heterocycles. The van der Waals surface area contributed by atoms with Crippen molar-refractivity contribution in [3.63, 3.8) is 0 Å². The van der Waals surface area contributed by atoms with Crippen molar-refractivity contribution in [2.75, 3.05) is 0 Å². The highest BCUT2D eigenvalue weighted by atomic mass is 35.5. The molecule has 1 nitrogen and oxygen atoms in total. The molecule has 2 atom stereocenters. The molecule has 1 N–H and O–H groups in total. The molecular weight excluding hydrogens is 262 g/mol. The van der Waals surface area contributed by atoms with E-state index in [0.717, 1.165) is 5.56 Å². The predicted octanol–water partition coefficient (Wildman–Crippen LogP) is 4.32. The minimum Gasteiger partial charge on any atom is -0.280 e. The van der Waals surface area contributed by atoms with Crippen molar-refractivity contribution < 1.29 is 0 Å². The molecule has 0 aliphatic rings. The van der Waals surface area contributed by atoms with E-state index in [1.165, 1.54) is 5.56 Å². The average molecular weight is 278 g/mol. The molecular formula is C15H16ClNS. The van der Waals surface area contributed by atoms with Crippen LogP contribution in [0.2, 0.25) is 0 Å². The van der Waals surface area contributed by atoms with E-state index in [2.05, 4.69) is 37.0 Å². The lowest BCUT2D eigenvalue weighted by molar-refractivity contribution is 0.531. The third-order valence-corrected chi connectivity index (χ3v) is 3.58. The fourth-order valence-corrected chi connectivity index (χ4v) is 2.49. The summed E-state index contributed by atoms with van der Waals surface area (Å²) in [6.45, 7) is 2.08. The van der Waals surface area contributed by atoms with E-state index in [1.807, 2.05) is 48.5 Å². The second kappa shape index (κ2) is 5.79. The molecule has 2 aromatic rings. The van der Waals surface area contributed by atoms with Crippen LogP contribution in [0.1, 0.15) is 24.1 Å². The number of nitrogens with one attached hydrogen (secondary N) is 1. The smallest absolute Gasteiger partial charge is 0.164 e. The Morgan fingerprint density at radius 2 is 1.50 bits per heavy atom. The van der Waals surface area contributed by atoms with Gasteiger partial charge in [0.05, 0.1) is 0 Å². The molecule has 0 radical (unpaired) electrons. The van der Waals surface area contributed by atoms with Gasteiger partial charge in [0.1, 0.15) is 0 Å². The first-order valence-corrected chi connectivity index (χ1v) is 6.71. The van der Waals surface area contributed by atoms with Gasteiger partial charge in [0, 0.05) is 6.04 Å². The summed E-state index contributed by atoms with van der Waals surface area (Å²) in [5.41, 5.74) is 2.13. The van der Waals surface area contributed by atoms with E-state index in [-0.39, 0.29) is 6.04 Å². The van der Waals surface area contributed by atoms with E-state index in [4.69, 9.17) is 11.6 Å². The highest BCUT2D eigenvalue weighted by Gasteiger charge is 2.26. The van der Waals surface area contributed by atoms with Gasteiger partial charge in [-0.3, -0.25) is 5.32 Å². The van der Waals surface area contributed by atoms with E-state index in [1.54, 1.807) is 0 Å². The lowest BCUT2D eigenvalue weighted by atomic mass is 10.1. The number of alkyl halides is 1. The van der Waals surface area contributed by atoms with Crippen LogP contribution in [0, 0.1) is 0 Å². The zero-order valence-electron chi connectivity index (χ0n) is 10.2. The van der Waals surface area contributed by atoms with Gasteiger partial charge < -0.3 is 0 Å². The normalized spacial score (nSPS) is 15.9. The number of thiol groups is 1. The highest BCUT2D eigenvalue weighted by Crippen LogP contribution is 2.32. The Morgan fingerprint density at radius 3 is 2.06 bits per heavy atom. The molecule has 0 bridgehead atoms. The second-order valence-electron chi connectivity index (χ2n) is 4.26. The van der Waals surface area contributed by atoms with Crippen molar-refractivity contribution in [1.82, 2.24) is 5.32 Å². The first-order chi connectivity index (χ1) is 8.59. The van der Waals surface area contributed by atoms with Crippen molar-refractivity contribution in [1.29, 1.82) is 0 Å². The first-order valence-electron chi connectivity index (χ1n) is 5.89. The van der Waals surface area contributed by atoms with Crippen LogP contribution in [0.4, 0.5) is 0 Å². The number of rotatable bonds is 4. The largest absolute Gasteiger partial charge is 0.280 e. The second-order valence-corrected chi connectivity index (χ2v) is 5.77. The van der Waals surface area contributed by atoms with Crippen molar-refractivity contribution in [2.24, 2.45) is 0 Å². The van der Waals surface area contributed by atoms with Gasteiger partial charge >= 0.3 is 0 Å².